The number of rotatable bonds is 3. The molecule has 140 valence electrons. The van der Waals surface area contributed by atoms with Gasteiger partial charge in [0.25, 0.3) is 0 Å². The van der Waals surface area contributed by atoms with Crippen LogP contribution in [0.3, 0.4) is 0 Å². The van der Waals surface area contributed by atoms with Gasteiger partial charge in [0.15, 0.2) is 0 Å². The van der Waals surface area contributed by atoms with Crippen LogP contribution in [-0.4, -0.2) is 4.92 Å². The number of halogens is 3. The first-order valence-corrected chi connectivity index (χ1v) is 7.65. The van der Waals surface area contributed by atoms with Crippen LogP contribution in [0.2, 0.25) is 0 Å². The van der Waals surface area contributed by atoms with E-state index in [4.69, 9.17) is 9.15 Å². The van der Waals surface area contributed by atoms with E-state index in [9.17, 15) is 28.1 Å². The minimum absolute atomic E-state index is 0.124. The molecule has 0 radical (unpaired) electrons. The summed E-state index contributed by atoms with van der Waals surface area (Å²) in [6, 6.07) is 6.43. The molecule has 0 saturated carbocycles. The number of fused-ring (bicyclic) bond motifs is 1. The lowest BCUT2D eigenvalue weighted by molar-refractivity contribution is -0.385. The zero-order valence-electron chi connectivity index (χ0n) is 14.1. The molecule has 2 aromatic carbocycles. The molecular weight excluding hydrogens is 367 g/mol. The van der Waals surface area contributed by atoms with Gasteiger partial charge in [-0.2, -0.15) is 13.2 Å². The zero-order valence-corrected chi connectivity index (χ0v) is 14.1. The van der Waals surface area contributed by atoms with Gasteiger partial charge in [0, 0.05) is 23.1 Å². The van der Waals surface area contributed by atoms with Gasteiger partial charge in [-0.15, -0.1) is 0 Å². The van der Waals surface area contributed by atoms with Crippen LogP contribution in [-0.2, 0) is 6.18 Å². The second kappa shape index (κ2) is 6.42. The van der Waals surface area contributed by atoms with Crippen molar-refractivity contribution < 1.29 is 27.2 Å². The highest BCUT2D eigenvalue weighted by atomic mass is 19.4. The number of nitrogens with zero attached hydrogens (tertiary/aromatic N) is 1. The zero-order chi connectivity index (χ0) is 19.9. The average Bonchev–Trinajstić information content (AvgIpc) is 2.57. The van der Waals surface area contributed by atoms with E-state index >= 15 is 0 Å². The monoisotopic (exact) mass is 379 g/mol. The van der Waals surface area contributed by atoms with Crippen molar-refractivity contribution >= 4 is 16.7 Å². The van der Waals surface area contributed by atoms with Gasteiger partial charge in [0.1, 0.15) is 11.3 Å². The summed E-state index contributed by atoms with van der Waals surface area (Å²) in [5.41, 5.74) is -1.24. The van der Waals surface area contributed by atoms with Gasteiger partial charge in [-0.1, -0.05) is 0 Å². The van der Waals surface area contributed by atoms with E-state index in [0.29, 0.717) is 28.6 Å². The Morgan fingerprint density at radius 1 is 1.07 bits per heavy atom. The van der Waals surface area contributed by atoms with Gasteiger partial charge in [-0.3, -0.25) is 10.1 Å². The summed E-state index contributed by atoms with van der Waals surface area (Å²) >= 11 is 0. The largest absolute Gasteiger partial charge is 0.450 e. The number of aryl methyl sites for hydroxylation is 2. The van der Waals surface area contributed by atoms with E-state index in [-0.39, 0.29) is 17.1 Å². The smallest absolute Gasteiger partial charge is 0.416 e. The Labute approximate surface area is 149 Å². The number of ether oxygens (including phenoxy) is 1. The Kier molecular flexibility index (Phi) is 4.38. The molecular formula is C18H12F3NO5. The molecule has 1 aromatic heterocycles. The maximum Gasteiger partial charge on any atom is 0.416 e. The number of benzene rings is 2. The molecule has 0 aliphatic carbocycles. The van der Waals surface area contributed by atoms with Crippen LogP contribution < -0.4 is 10.4 Å². The van der Waals surface area contributed by atoms with Gasteiger partial charge >= 0.3 is 17.5 Å². The lowest BCUT2D eigenvalue weighted by Gasteiger charge is -2.12. The minimum Gasteiger partial charge on any atom is -0.450 e. The SMILES string of the molecule is Cc1cc(=O)oc2c(C)c(Oc3ccc(C(F)(F)F)cc3[N+](=O)[O-])ccc12. The first kappa shape index (κ1) is 18.4. The highest BCUT2D eigenvalue weighted by Gasteiger charge is 2.33. The van der Waals surface area contributed by atoms with Crippen molar-refractivity contribution in [3.05, 3.63) is 73.6 Å². The third kappa shape index (κ3) is 3.48. The molecule has 0 bridgehead atoms. The Morgan fingerprint density at radius 3 is 2.37 bits per heavy atom. The van der Waals surface area contributed by atoms with Crippen molar-refractivity contribution in [3.8, 4) is 11.5 Å². The van der Waals surface area contributed by atoms with Gasteiger partial charge in [-0.05, 0) is 43.7 Å². The summed E-state index contributed by atoms with van der Waals surface area (Å²) in [5, 5.41) is 11.8. The molecule has 0 spiro atoms. The Morgan fingerprint density at radius 2 is 1.74 bits per heavy atom. The van der Waals surface area contributed by atoms with E-state index < -0.39 is 28.0 Å². The summed E-state index contributed by atoms with van der Waals surface area (Å²) < 4.78 is 49.1. The first-order chi connectivity index (χ1) is 12.6. The number of hydrogen-bond acceptors (Lipinski definition) is 5. The Balaban J connectivity index is 2.11. The van der Waals surface area contributed by atoms with Gasteiger partial charge in [-0.25, -0.2) is 4.79 Å². The summed E-state index contributed by atoms with van der Waals surface area (Å²) in [6.07, 6.45) is -4.72. The third-order valence-electron chi connectivity index (χ3n) is 4.02. The van der Waals surface area contributed by atoms with Crippen LogP contribution in [0.5, 0.6) is 11.5 Å². The molecule has 0 N–H and O–H groups in total. The Hall–Kier alpha value is -3.36. The van der Waals surface area contributed by atoms with Crippen LogP contribution in [0, 0.1) is 24.0 Å². The maximum atomic E-state index is 12.8. The normalized spacial score (nSPS) is 11.6. The molecule has 1 heterocycles. The van der Waals surface area contributed by atoms with Gasteiger partial charge in [0.05, 0.1) is 10.5 Å². The second-order valence-electron chi connectivity index (χ2n) is 5.85. The van der Waals surface area contributed by atoms with Crippen LogP contribution in [0.25, 0.3) is 11.0 Å². The van der Waals surface area contributed by atoms with Crippen molar-refractivity contribution in [1.29, 1.82) is 0 Å². The summed E-state index contributed by atoms with van der Waals surface area (Å²) in [7, 11) is 0. The molecule has 3 aromatic rings. The van der Waals surface area contributed by atoms with E-state index in [1.807, 2.05) is 0 Å². The number of hydrogen-bond donors (Lipinski definition) is 0. The van der Waals surface area contributed by atoms with Crippen molar-refractivity contribution in [3.63, 3.8) is 0 Å². The van der Waals surface area contributed by atoms with Gasteiger partial charge < -0.3 is 9.15 Å². The van der Waals surface area contributed by atoms with E-state index in [1.165, 1.54) is 12.1 Å². The molecule has 0 atom stereocenters. The second-order valence-corrected chi connectivity index (χ2v) is 5.85. The first-order valence-electron chi connectivity index (χ1n) is 7.65. The lowest BCUT2D eigenvalue weighted by Crippen LogP contribution is -2.06. The average molecular weight is 379 g/mol. The van der Waals surface area contributed by atoms with E-state index in [1.54, 1.807) is 19.9 Å². The summed E-state index contributed by atoms with van der Waals surface area (Å²) in [6.45, 7) is 3.30. The molecule has 0 aliphatic rings. The van der Waals surface area contributed by atoms with Crippen molar-refractivity contribution in [1.82, 2.24) is 0 Å². The van der Waals surface area contributed by atoms with Crippen LogP contribution in [0.4, 0.5) is 18.9 Å². The minimum atomic E-state index is -4.72. The number of alkyl halides is 3. The fourth-order valence-electron chi connectivity index (χ4n) is 2.65. The fourth-order valence-corrected chi connectivity index (χ4v) is 2.65. The lowest BCUT2D eigenvalue weighted by atomic mass is 10.1. The Bertz CT molecular complexity index is 1120. The molecule has 0 saturated heterocycles. The summed E-state index contributed by atoms with van der Waals surface area (Å²) in [5.74, 6) is -0.232. The fraction of sp³-hybridized carbons (Fsp3) is 0.167. The number of nitro benzene ring substituents is 1. The molecule has 0 unspecified atom stereocenters. The quantitative estimate of drug-likeness (QED) is 0.358. The van der Waals surface area contributed by atoms with Crippen LogP contribution in [0.1, 0.15) is 16.7 Å². The molecule has 0 fully saturated rings. The van der Waals surface area contributed by atoms with Crippen molar-refractivity contribution in [2.75, 3.05) is 0 Å². The molecule has 9 heteroatoms. The number of nitro groups is 1. The van der Waals surface area contributed by atoms with Crippen LogP contribution >= 0.6 is 0 Å². The standard InChI is InChI=1S/C18H12F3NO5/c1-9-7-16(23)27-17-10(2)14(6-4-12(9)17)26-15-5-3-11(18(19,20)21)8-13(15)22(24)25/h3-8H,1-2H3. The molecule has 6 nitrogen and oxygen atoms in total. The summed E-state index contributed by atoms with van der Waals surface area (Å²) in [4.78, 5) is 21.8. The molecule has 0 aliphatic heterocycles. The van der Waals surface area contributed by atoms with E-state index in [0.717, 1.165) is 6.07 Å². The van der Waals surface area contributed by atoms with Crippen LogP contribution in [0.15, 0.2) is 45.6 Å². The van der Waals surface area contributed by atoms with Crippen molar-refractivity contribution in [2.45, 2.75) is 20.0 Å². The molecule has 0 amide bonds. The van der Waals surface area contributed by atoms with Gasteiger partial charge in [0.2, 0.25) is 5.75 Å². The third-order valence-corrected chi connectivity index (χ3v) is 4.02. The predicted molar refractivity (Wildman–Crippen MR) is 90.1 cm³/mol. The molecule has 27 heavy (non-hydrogen) atoms. The van der Waals surface area contributed by atoms with Crippen molar-refractivity contribution in [2.24, 2.45) is 0 Å². The highest BCUT2D eigenvalue weighted by Crippen LogP contribution is 2.39. The van der Waals surface area contributed by atoms with E-state index in [2.05, 4.69) is 0 Å². The maximum absolute atomic E-state index is 12.8. The molecule has 3 rings (SSSR count). The predicted octanol–water partition coefficient (Wildman–Crippen LogP) is 5.13. The highest BCUT2D eigenvalue weighted by molar-refractivity contribution is 5.84. The topological polar surface area (TPSA) is 82.6 Å².